The molecule has 0 aliphatic heterocycles. The van der Waals surface area contributed by atoms with Crippen molar-refractivity contribution in [2.75, 3.05) is 0 Å². The fourth-order valence-corrected chi connectivity index (χ4v) is 1.69. The maximum absolute atomic E-state index is 12.8. The first-order chi connectivity index (χ1) is 8.90. The van der Waals surface area contributed by atoms with Crippen molar-refractivity contribution in [3.63, 3.8) is 0 Å². The number of carbonyl (C=O) groups is 1. The predicted octanol–water partition coefficient (Wildman–Crippen LogP) is 1.21. The smallest absolute Gasteiger partial charge is 0.257 e. The molecular weight excluding hydrogens is 247 g/mol. The highest BCUT2D eigenvalue weighted by molar-refractivity contribution is 6.05. The molecular formula is C13H17FN4O. The molecule has 0 heterocycles. The van der Waals surface area contributed by atoms with Crippen molar-refractivity contribution >= 4 is 17.6 Å². The molecule has 0 aliphatic carbocycles. The van der Waals surface area contributed by atoms with E-state index in [4.69, 9.17) is 16.9 Å². The first kappa shape index (κ1) is 14.8. The summed E-state index contributed by atoms with van der Waals surface area (Å²) < 4.78 is 12.8. The van der Waals surface area contributed by atoms with E-state index >= 15 is 0 Å². The van der Waals surface area contributed by atoms with Gasteiger partial charge in [-0.3, -0.25) is 4.79 Å². The van der Waals surface area contributed by atoms with Gasteiger partial charge in [-0.1, -0.05) is 12.1 Å². The van der Waals surface area contributed by atoms with Crippen LogP contribution in [0.25, 0.3) is 0 Å². The minimum absolute atomic E-state index is 0.206. The molecule has 0 radical (unpaired) electrons. The van der Waals surface area contributed by atoms with Crippen LogP contribution in [0, 0.1) is 17.1 Å². The molecule has 1 aromatic rings. The summed E-state index contributed by atoms with van der Waals surface area (Å²) in [5.41, 5.74) is 11.4. The second kappa shape index (κ2) is 6.63. The minimum atomic E-state index is -0.646. The third kappa shape index (κ3) is 4.87. The summed E-state index contributed by atoms with van der Waals surface area (Å²) in [6.07, 6.45) is 0.962. The molecule has 0 fully saturated rings. The lowest BCUT2D eigenvalue weighted by Crippen LogP contribution is -2.28. The molecule has 1 atom stereocenters. The number of guanidine groups is 1. The fraction of sp³-hybridized carbons (Fsp3) is 0.308. The van der Waals surface area contributed by atoms with E-state index in [1.54, 1.807) is 12.1 Å². The van der Waals surface area contributed by atoms with Gasteiger partial charge in [-0.25, -0.2) is 4.39 Å². The molecule has 102 valence electrons. The lowest BCUT2D eigenvalue weighted by molar-refractivity contribution is -0.119. The Morgan fingerprint density at radius 3 is 2.42 bits per heavy atom. The van der Waals surface area contributed by atoms with Gasteiger partial charge in [0.2, 0.25) is 0 Å². The summed E-state index contributed by atoms with van der Waals surface area (Å²) in [4.78, 5) is 15.2. The Kier molecular flexibility index (Phi) is 5.17. The molecule has 0 aromatic heterocycles. The molecule has 5 N–H and O–H groups in total. The van der Waals surface area contributed by atoms with Crippen LogP contribution in [0.4, 0.5) is 4.39 Å². The van der Waals surface area contributed by atoms with Gasteiger partial charge in [0, 0.05) is 5.71 Å². The van der Waals surface area contributed by atoms with E-state index in [0.717, 1.165) is 5.56 Å². The maximum atomic E-state index is 12.8. The van der Waals surface area contributed by atoms with Gasteiger partial charge in [-0.05, 0) is 37.5 Å². The van der Waals surface area contributed by atoms with Crippen LogP contribution in [-0.4, -0.2) is 17.6 Å². The molecule has 0 aliphatic rings. The zero-order valence-corrected chi connectivity index (χ0v) is 10.7. The van der Waals surface area contributed by atoms with Crippen molar-refractivity contribution in [2.24, 2.45) is 22.4 Å². The number of rotatable bonds is 5. The highest BCUT2D eigenvalue weighted by Crippen LogP contribution is 2.13. The highest BCUT2D eigenvalue weighted by atomic mass is 19.1. The van der Waals surface area contributed by atoms with Crippen LogP contribution >= 0.6 is 0 Å². The number of hydrogen-bond acceptors (Lipinski definition) is 2. The zero-order valence-electron chi connectivity index (χ0n) is 10.7. The SMILES string of the molecule is CC(=N)C(CCc1ccc(F)cc1)C(=O)N=C(N)N. The number of halogens is 1. The summed E-state index contributed by atoms with van der Waals surface area (Å²) in [6, 6.07) is 6.02. The van der Waals surface area contributed by atoms with Crippen molar-refractivity contribution < 1.29 is 9.18 Å². The molecule has 5 nitrogen and oxygen atoms in total. The van der Waals surface area contributed by atoms with Crippen molar-refractivity contribution in [3.8, 4) is 0 Å². The second-order valence-electron chi connectivity index (χ2n) is 4.28. The Labute approximate surface area is 111 Å². The van der Waals surface area contributed by atoms with Crippen LogP contribution in [0.15, 0.2) is 29.3 Å². The summed E-state index contributed by atoms with van der Waals surface area (Å²) in [5.74, 6) is -1.78. The lowest BCUT2D eigenvalue weighted by Gasteiger charge is -2.11. The number of nitrogens with zero attached hydrogens (tertiary/aromatic N) is 1. The highest BCUT2D eigenvalue weighted by Gasteiger charge is 2.20. The van der Waals surface area contributed by atoms with E-state index in [0.29, 0.717) is 12.8 Å². The van der Waals surface area contributed by atoms with E-state index in [1.807, 2.05) is 0 Å². The van der Waals surface area contributed by atoms with Crippen LogP contribution in [0.2, 0.25) is 0 Å². The summed E-state index contributed by atoms with van der Waals surface area (Å²) in [5, 5.41) is 7.59. The van der Waals surface area contributed by atoms with Gasteiger partial charge in [0.25, 0.3) is 5.91 Å². The zero-order chi connectivity index (χ0) is 14.4. The number of benzene rings is 1. The number of hydrogen-bond donors (Lipinski definition) is 3. The second-order valence-corrected chi connectivity index (χ2v) is 4.28. The van der Waals surface area contributed by atoms with E-state index < -0.39 is 11.8 Å². The van der Waals surface area contributed by atoms with Crippen LogP contribution in [0.3, 0.4) is 0 Å². The normalized spacial score (nSPS) is 11.7. The van der Waals surface area contributed by atoms with E-state index in [-0.39, 0.29) is 17.5 Å². The van der Waals surface area contributed by atoms with E-state index in [2.05, 4.69) is 4.99 Å². The average molecular weight is 264 g/mol. The van der Waals surface area contributed by atoms with Crippen LogP contribution < -0.4 is 11.5 Å². The number of carbonyl (C=O) groups excluding carboxylic acids is 1. The summed E-state index contributed by atoms with van der Waals surface area (Å²) >= 11 is 0. The Bertz CT molecular complexity index is 492. The first-order valence-electron chi connectivity index (χ1n) is 5.83. The van der Waals surface area contributed by atoms with Gasteiger partial charge in [-0.15, -0.1) is 0 Å². The average Bonchev–Trinajstić information content (AvgIpc) is 2.30. The van der Waals surface area contributed by atoms with Crippen LogP contribution in [0.1, 0.15) is 18.9 Å². The number of aliphatic imine (C=N–C) groups is 1. The Hall–Kier alpha value is -2.24. The van der Waals surface area contributed by atoms with Crippen LogP contribution in [-0.2, 0) is 11.2 Å². The van der Waals surface area contributed by atoms with Gasteiger partial charge in [0.15, 0.2) is 5.96 Å². The fourth-order valence-electron chi connectivity index (χ4n) is 1.69. The Morgan fingerprint density at radius 1 is 1.37 bits per heavy atom. The molecule has 19 heavy (non-hydrogen) atoms. The number of nitrogens with two attached hydrogens (primary N) is 2. The van der Waals surface area contributed by atoms with Gasteiger partial charge >= 0.3 is 0 Å². The monoisotopic (exact) mass is 264 g/mol. The quantitative estimate of drug-likeness (QED) is 0.549. The lowest BCUT2D eigenvalue weighted by atomic mass is 9.95. The van der Waals surface area contributed by atoms with Crippen LogP contribution in [0.5, 0.6) is 0 Å². The standard InChI is InChI=1S/C13H17FN4O/c1-8(15)11(12(19)18-13(16)17)7-4-9-2-5-10(14)6-3-9/h2-3,5-6,11,15H,4,7H2,1H3,(H4,16,17,18,19). The van der Waals surface area contributed by atoms with Crippen molar-refractivity contribution in [1.29, 1.82) is 5.41 Å². The molecule has 1 unspecified atom stereocenters. The summed E-state index contributed by atoms with van der Waals surface area (Å²) in [7, 11) is 0. The molecule has 6 heteroatoms. The van der Waals surface area contributed by atoms with Gasteiger partial charge in [-0.2, -0.15) is 4.99 Å². The molecule has 1 amide bonds. The van der Waals surface area contributed by atoms with Gasteiger partial charge < -0.3 is 16.9 Å². The molecule has 0 saturated heterocycles. The van der Waals surface area contributed by atoms with Crippen molar-refractivity contribution in [2.45, 2.75) is 19.8 Å². The largest absolute Gasteiger partial charge is 0.370 e. The molecule has 1 rings (SSSR count). The third-order valence-corrected chi connectivity index (χ3v) is 2.70. The molecule has 0 spiro atoms. The van der Waals surface area contributed by atoms with Crippen molar-refractivity contribution in [3.05, 3.63) is 35.6 Å². The predicted molar refractivity (Wildman–Crippen MR) is 72.4 cm³/mol. The molecule has 0 saturated carbocycles. The number of nitrogens with one attached hydrogen (secondary N) is 1. The topological polar surface area (TPSA) is 105 Å². The van der Waals surface area contributed by atoms with Crippen molar-refractivity contribution in [1.82, 2.24) is 0 Å². The van der Waals surface area contributed by atoms with E-state index in [1.165, 1.54) is 19.1 Å². The number of amides is 1. The van der Waals surface area contributed by atoms with Gasteiger partial charge in [0.1, 0.15) is 5.82 Å². The third-order valence-electron chi connectivity index (χ3n) is 2.70. The molecule has 1 aromatic carbocycles. The maximum Gasteiger partial charge on any atom is 0.257 e. The number of aryl methyl sites for hydroxylation is 1. The van der Waals surface area contributed by atoms with Gasteiger partial charge in [0.05, 0.1) is 5.92 Å². The first-order valence-corrected chi connectivity index (χ1v) is 5.83. The molecule has 0 bridgehead atoms. The Balaban J connectivity index is 2.70. The minimum Gasteiger partial charge on any atom is -0.370 e. The Morgan fingerprint density at radius 2 is 1.95 bits per heavy atom. The summed E-state index contributed by atoms with van der Waals surface area (Å²) in [6.45, 7) is 1.54. The van der Waals surface area contributed by atoms with E-state index in [9.17, 15) is 9.18 Å².